The van der Waals surface area contributed by atoms with E-state index in [4.69, 9.17) is 5.73 Å². The lowest BCUT2D eigenvalue weighted by Gasteiger charge is -2.25. The van der Waals surface area contributed by atoms with Crippen molar-refractivity contribution in [3.05, 3.63) is 64.7 Å². The maximum absolute atomic E-state index is 13.3. The summed E-state index contributed by atoms with van der Waals surface area (Å²) in [6.07, 6.45) is 3.12. The minimum Gasteiger partial charge on any atom is -0.353 e. The molecule has 0 unspecified atom stereocenters. The van der Waals surface area contributed by atoms with Gasteiger partial charge in [-0.2, -0.15) is 4.68 Å². The molecule has 1 aliphatic rings. The molecule has 2 aromatic carbocycles. The van der Waals surface area contributed by atoms with Gasteiger partial charge in [0.25, 0.3) is 5.56 Å². The smallest absolute Gasteiger partial charge is 0.279 e. The van der Waals surface area contributed by atoms with E-state index in [0.717, 1.165) is 37.0 Å². The third-order valence-electron chi connectivity index (χ3n) is 4.86. The van der Waals surface area contributed by atoms with Gasteiger partial charge in [-0.05, 0) is 43.2 Å². The normalized spacial score (nSPS) is 18.1. The summed E-state index contributed by atoms with van der Waals surface area (Å²) in [4.78, 5) is 15.1. The molecule has 1 fully saturated rings. The van der Waals surface area contributed by atoms with Crippen molar-refractivity contribution < 1.29 is 4.39 Å². The number of nitrogens with two attached hydrogens (primary N) is 1. The number of hydrogen-bond donors (Lipinski definition) is 1. The van der Waals surface area contributed by atoms with Crippen molar-refractivity contribution in [2.45, 2.75) is 25.3 Å². The van der Waals surface area contributed by atoms with E-state index in [1.54, 1.807) is 18.2 Å². The molecule has 26 heavy (non-hydrogen) atoms. The van der Waals surface area contributed by atoms with Crippen LogP contribution in [-0.2, 0) is 0 Å². The third-order valence-corrected chi connectivity index (χ3v) is 4.86. The van der Waals surface area contributed by atoms with Crippen molar-refractivity contribution in [2.75, 3.05) is 18.0 Å². The molecule has 134 valence electrons. The summed E-state index contributed by atoms with van der Waals surface area (Å²) in [6, 6.07) is 13.4. The zero-order valence-electron chi connectivity index (χ0n) is 14.4. The molecule has 1 saturated heterocycles. The summed E-state index contributed by atoms with van der Waals surface area (Å²) in [5.74, 6) is 0.406. The molecule has 0 bridgehead atoms. The molecule has 6 heteroatoms. The van der Waals surface area contributed by atoms with Crippen LogP contribution in [0.2, 0.25) is 0 Å². The second kappa shape index (κ2) is 6.88. The standard InChI is InChI=1S/C20H21FN4O/c21-14-8-10-16(11-9-14)25-20(26)18-7-2-1-6-17(18)19(23-25)24-12-4-3-5-15(22)13-24/h1-2,6-11,15H,3-5,12-13,22H2/t15-/m1/s1. The van der Waals surface area contributed by atoms with Crippen molar-refractivity contribution in [3.63, 3.8) is 0 Å². The topological polar surface area (TPSA) is 64.2 Å². The van der Waals surface area contributed by atoms with Crippen molar-refractivity contribution in [3.8, 4) is 5.69 Å². The minimum absolute atomic E-state index is 0.0873. The highest BCUT2D eigenvalue weighted by Gasteiger charge is 2.21. The lowest BCUT2D eigenvalue weighted by molar-refractivity contribution is 0.618. The molecular formula is C20H21FN4O. The van der Waals surface area contributed by atoms with Crippen LogP contribution in [0.5, 0.6) is 0 Å². The minimum atomic E-state index is -0.346. The summed E-state index contributed by atoms with van der Waals surface area (Å²) in [6.45, 7) is 1.56. The third kappa shape index (κ3) is 3.08. The molecule has 1 aliphatic heterocycles. The largest absolute Gasteiger partial charge is 0.353 e. The zero-order chi connectivity index (χ0) is 18.1. The SMILES string of the molecule is N[C@@H]1CCCCN(c2nn(-c3ccc(F)cc3)c(=O)c3ccccc23)C1. The van der Waals surface area contributed by atoms with Gasteiger partial charge in [0.05, 0.1) is 11.1 Å². The highest BCUT2D eigenvalue weighted by molar-refractivity contribution is 5.91. The van der Waals surface area contributed by atoms with Gasteiger partial charge in [-0.25, -0.2) is 4.39 Å². The van der Waals surface area contributed by atoms with Crippen LogP contribution < -0.4 is 16.2 Å². The molecule has 3 aromatic rings. The molecule has 0 amide bonds. The first kappa shape index (κ1) is 16.7. The van der Waals surface area contributed by atoms with E-state index in [0.29, 0.717) is 17.6 Å². The Hall–Kier alpha value is -2.73. The zero-order valence-corrected chi connectivity index (χ0v) is 14.4. The fourth-order valence-electron chi connectivity index (χ4n) is 3.53. The number of halogens is 1. The van der Waals surface area contributed by atoms with Gasteiger partial charge in [-0.3, -0.25) is 4.79 Å². The predicted molar refractivity (Wildman–Crippen MR) is 101 cm³/mol. The number of aromatic nitrogens is 2. The van der Waals surface area contributed by atoms with Crippen LogP contribution in [0.4, 0.5) is 10.2 Å². The average Bonchev–Trinajstić information content (AvgIpc) is 2.88. The maximum atomic E-state index is 13.3. The van der Waals surface area contributed by atoms with E-state index in [1.165, 1.54) is 16.8 Å². The quantitative estimate of drug-likeness (QED) is 0.770. The molecule has 4 rings (SSSR count). The molecule has 1 aromatic heterocycles. The van der Waals surface area contributed by atoms with Gasteiger partial charge >= 0.3 is 0 Å². The van der Waals surface area contributed by atoms with E-state index in [1.807, 2.05) is 18.2 Å². The Kier molecular flexibility index (Phi) is 4.42. The van der Waals surface area contributed by atoms with Crippen LogP contribution in [0.1, 0.15) is 19.3 Å². The number of benzene rings is 2. The first-order chi connectivity index (χ1) is 12.6. The number of nitrogens with zero attached hydrogens (tertiary/aromatic N) is 3. The Bertz CT molecular complexity index is 983. The highest BCUT2D eigenvalue weighted by Crippen LogP contribution is 2.25. The van der Waals surface area contributed by atoms with E-state index in [-0.39, 0.29) is 17.4 Å². The molecule has 2 heterocycles. The fraction of sp³-hybridized carbons (Fsp3) is 0.300. The summed E-state index contributed by atoms with van der Waals surface area (Å²) >= 11 is 0. The fourth-order valence-corrected chi connectivity index (χ4v) is 3.53. The average molecular weight is 352 g/mol. The molecule has 0 spiro atoms. The van der Waals surface area contributed by atoms with Crippen LogP contribution in [0.25, 0.3) is 16.5 Å². The van der Waals surface area contributed by atoms with E-state index in [9.17, 15) is 9.18 Å². The Labute approximate surface area is 150 Å². The molecule has 0 radical (unpaired) electrons. The molecule has 0 saturated carbocycles. The summed E-state index contributed by atoms with van der Waals surface area (Å²) in [5, 5.41) is 6.07. The first-order valence-corrected chi connectivity index (χ1v) is 8.92. The lowest BCUT2D eigenvalue weighted by atomic mass is 10.1. The number of rotatable bonds is 2. The van der Waals surface area contributed by atoms with E-state index < -0.39 is 0 Å². The molecule has 1 atom stereocenters. The van der Waals surface area contributed by atoms with Crippen LogP contribution >= 0.6 is 0 Å². The van der Waals surface area contributed by atoms with Crippen molar-refractivity contribution >= 4 is 16.6 Å². The van der Waals surface area contributed by atoms with E-state index >= 15 is 0 Å². The Morgan fingerprint density at radius 2 is 1.77 bits per heavy atom. The maximum Gasteiger partial charge on any atom is 0.279 e. The van der Waals surface area contributed by atoms with Crippen molar-refractivity contribution in [1.82, 2.24) is 9.78 Å². The molecule has 5 nitrogen and oxygen atoms in total. The summed E-state index contributed by atoms with van der Waals surface area (Å²) in [7, 11) is 0. The molecular weight excluding hydrogens is 331 g/mol. The lowest BCUT2D eigenvalue weighted by Crippen LogP contribution is -2.37. The van der Waals surface area contributed by atoms with Gasteiger partial charge in [0, 0.05) is 24.5 Å². The van der Waals surface area contributed by atoms with Gasteiger partial charge < -0.3 is 10.6 Å². The number of anilines is 1. The highest BCUT2D eigenvalue weighted by atomic mass is 19.1. The second-order valence-electron chi connectivity index (χ2n) is 6.76. The van der Waals surface area contributed by atoms with Crippen molar-refractivity contribution in [1.29, 1.82) is 0 Å². The predicted octanol–water partition coefficient (Wildman–Crippen LogP) is 2.84. The molecule has 2 N–H and O–H groups in total. The van der Waals surface area contributed by atoms with Crippen molar-refractivity contribution in [2.24, 2.45) is 5.73 Å². The van der Waals surface area contributed by atoms with Crippen LogP contribution in [0, 0.1) is 5.82 Å². The van der Waals surface area contributed by atoms with E-state index in [2.05, 4.69) is 10.00 Å². The number of fused-ring (bicyclic) bond motifs is 1. The van der Waals surface area contributed by atoms with Crippen LogP contribution in [-0.4, -0.2) is 28.9 Å². The monoisotopic (exact) mass is 352 g/mol. The Morgan fingerprint density at radius 1 is 1.04 bits per heavy atom. The molecule has 0 aliphatic carbocycles. The Balaban J connectivity index is 1.92. The van der Waals surface area contributed by atoms with Crippen LogP contribution in [0.3, 0.4) is 0 Å². The number of hydrogen-bond acceptors (Lipinski definition) is 4. The van der Waals surface area contributed by atoms with Crippen LogP contribution in [0.15, 0.2) is 53.3 Å². The van der Waals surface area contributed by atoms with Gasteiger partial charge in [0.2, 0.25) is 0 Å². The van der Waals surface area contributed by atoms with Gasteiger partial charge in [-0.15, -0.1) is 5.10 Å². The van der Waals surface area contributed by atoms with Gasteiger partial charge in [-0.1, -0.05) is 24.6 Å². The van der Waals surface area contributed by atoms with Gasteiger partial charge in [0.15, 0.2) is 5.82 Å². The first-order valence-electron chi connectivity index (χ1n) is 8.92. The summed E-state index contributed by atoms with van der Waals surface area (Å²) < 4.78 is 14.6. The summed E-state index contributed by atoms with van der Waals surface area (Å²) in [5.41, 5.74) is 6.55. The second-order valence-corrected chi connectivity index (χ2v) is 6.76. The Morgan fingerprint density at radius 3 is 2.54 bits per heavy atom. The van der Waals surface area contributed by atoms with Gasteiger partial charge in [0.1, 0.15) is 5.82 Å².